The van der Waals surface area contributed by atoms with E-state index in [-0.39, 0.29) is 19.1 Å². The highest BCUT2D eigenvalue weighted by atomic mass is 16.5. The van der Waals surface area contributed by atoms with Crippen LogP contribution in [0.3, 0.4) is 0 Å². The molecule has 7 nitrogen and oxygen atoms in total. The second-order valence-electron chi connectivity index (χ2n) is 4.85. The number of carboxylic acid groups (broad SMARTS) is 1. The van der Waals surface area contributed by atoms with Crippen molar-refractivity contribution < 1.29 is 24.5 Å². The van der Waals surface area contributed by atoms with Gasteiger partial charge in [0.25, 0.3) is 0 Å². The van der Waals surface area contributed by atoms with Crippen molar-refractivity contribution >= 4 is 12.0 Å². The first-order valence-electron chi connectivity index (χ1n) is 5.95. The van der Waals surface area contributed by atoms with E-state index in [2.05, 4.69) is 10.6 Å². The minimum Gasteiger partial charge on any atom is -0.465 e. The average molecular weight is 260 g/mol. The third kappa shape index (κ3) is 4.50. The van der Waals surface area contributed by atoms with Gasteiger partial charge in [0.2, 0.25) is 5.91 Å². The second kappa shape index (κ2) is 6.55. The quantitative estimate of drug-likeness (QED) is 0.535. The van der Waals surface area contributed by atoms with E-state index < -0.39 is 30.2 Å². The number of ether oxygens (including phenoxy) is 1. The topological polar surface area (TPSA) is 108 Å². The molecule has 0 aromatic carbocycles. The average Bonchev–Trinajstić information content (AvgIpc) is 2.62. The summed E-state index contributed by atoms with van der Waals surface area (Å²) >= 11 is 0. The van der Waals surface area contributed by atoms with Crippen molar-refractivity contribution in [1.29, 1.82) is 0 Å². The predicted molar refractivity (Wildman–Crippen MR) is 63.2 cm³/mol. The van der Waals surface area contributed by atoms with Crippen LogP contribution < -0.4 is 10.6 Å². The molecule has 0 saturated carbocycles. The van der Waals surface area contributed by atoms with Gasteiger partial charge in [0.15, 0.2) is 0 Å². The van der Waals surface area contributed by atoms with Crippen molar-refractivity contribution in [2.24, 2.45) is 5.92 Å². The van der Waals surface area contributed by atoms with Crippen molar-refractivity contribution in [3.8, 4) is 0 Å². The first-order chi connectivity index (χ1) is 8.40. The molecule has 0 aromatic rings. The minimum atomic E-state index is -1.24. The first kappa shape index (κ1) is 14.7. The molecule has 1 aliphatic heterocycles. The maximum atomic E-state index is 11.9. The number of rotatable bonds is 5. The summed E-state index contributed by atoms with van der Waals surface area (Å²) in [4.78, 5) is 22.5. The lowest BCUT2D eigenvalue weighted by Gasteiger charge is -2.21. The molecule has 4 N–H and O–H groups in total. The molecular weight excluding hydrogens is 240 g/mol. The molecule has 1 aliphatic rings. The Morgan fingerprint density at radius 3 is 2.50 bits per heavy atom. The SMILES string of the molecule is CC(C)C[C@H](NC(=O)O)C(=O)NC1COCC1O. The molecule has 1 rings (SSSR count). The third-order valence-corrected chi connectivity index (χ3v) is 2.70. The number of carbonyl (C=O) groups excluding carboxylic acids is 1. The maximum absolute atomic E-state index is 11.9. The molecule has 0 spiro atoms. The fraction of sp³-hybridized carbons (Fsp3) is 0.818. The van der Waals surface area contributed by atoms with Crippen LogP contribution in [0.1, 0.15) is 20.3 Å². The molecule has 18 heavy (non-hydrogen) atoms. The van der Waals surface area contributed by atoms with E-state index in [0.717, 1.165) is 0 Å². The maximum Gasteiger partial charge on any atom is 0.405 e. The lowest BCUT2D eigenvalue weighted by atomic mass is 10.0. The van der Waals surface area contributed by atoms with Crippen LogP contribution in [0.15, 0.2) is 0 Å². The Kier molecular flexibility index (Phi) is 5.36. The van der Waals surface area contributed by atoms with Gasteiger partial charge < -0.3 is 25.6 Å². The van der Waals surface area contributed by atoms with Gasteiger partial charge in [-0.15, -0.1) is 0 Å². The van der Waals surface area contributed by atoms with Crippen LogP contribution in [0.25, 0.3) is 0 Å². The molecule has 1 fully saturated rings. The lowest BCUT2D eigenvalue weighted by Crippen LogP contribution is -2.52. The zero-order chi connectivity index (χ0) is 13.7. The van der Waals surface area contributed by atoms with Crippen LogP contribution in [0, 0.1) is 5.92 Å². The largest absolute Gasteiger partial charge is 0.465 e. The fourth-order valence-corrected chi connectivity index (χ4v) is 1.82. The Labute approximate surface area is 106 Å². The van der Waals surface area contributed by atoms with E-state index in [4.69, 9.17) is 9.84 Å². The summed E-state index contributed by atoms with van der Waals surface area (Å²) in [7, 11) is 0. The number of aliphatic hydroxyl groups is 1. The molecule has 104 valence electrons. The molecule has 2 amide bonds. The van der Waals surface area contributed by atoms with Crippen LogP contribution in [0.4, 0.5) is 4.79 Å². The highest BCUT2D eigenvalue weighted by molar-refractivity contribution is 5.85. The Morgan fingerprint density at radius 2 is 2.06 bits per heavy atom. The number of nitrogens with one attached hydrogen (secondary N) is 2. The molecular formula is C11H20N2O5. The summed E-state index contributed by atoms with van der Waals surface area (Å²) in [5.74, 6) is -0.252. The molecule has 0 aliphatic carbocycles. The lowest BCUT2D eigenvalue weighted by molar-refractivity contribution is -0.124. The van der Waals surface area contributed by atoms with Crippen molar-refractivity contribution in [3.63, 3.8) is 0 Å². The Bertz CT molecular complexity index is 308. The standard InChI is InChI=1S/C11H20N2O5/c1-6(2)3-7(13-11(16)17)10(15)12-8-4-18-5-9(8)14/h6-9,13-14H,3-5H2,1-2H3,(H,12,15)(H,16,17)/t7-,8?,9?/m0/s1. The second-order valence-corrected chi connectivity index (χ2v) is 4.85. The van der Waals surface area contributed by atoms with Gasteiger partial charge in [-0.05, 0) is 12.3 Å². The van der Waals surface area contributed by atoms with Gasteiger partial charge in [0, 0.05) is 0 Å². The first-order valence-corrected chi connectivity index (χ1v) is 5.95. The smallest absolute Gasteiger partial charge is 0.405 e. The zero-order valence-corrected chi connectivity index (χ0v) is 10.5. The molecule has 0 aromatic heterocycles. The van der Waals surface area contributed by atoms with E-state index in [1.807, 2.05) is 13.8 Å². The Hall–Kier alpha value is -1.34. The summed E-state index contributed by atoms with van der Waals surface area (Å²) in [5, 5.41) is 23.0. The molecule has 2 unspecified atom stereocenters. The van der Waals surface area contributed by atoms with E-state index >= 15 is 0 Å². The van der Waals surface area contributed by atoms with Gasteiger partial charge in [0.1, 0.15) is 6.04 Å². The molecule has 0 bridgehead atoms. The highest BCUT2D eigenvalue weighted by Gasteiger charge is 2.30. The molecule has 0 radical (unpaired) electrons. The Balaban J connectivity index is 2.54. The number of carbonyl (C=O) groups is 2. The van der Waals surface area contributed by atoms with E-state index in [1.54, 1.807) is 0 Å². The monoisotopic (exact) mass is 260 g/mol. The summed E-state index contributed by atoms with van der Waals surface area (Å²) in [6.07, 6.45) is -1.57. The van der Waals surface area contributed by atoms with Crippen molar-refractivity contribution in [3.05, 3.63) is 0 Å². The van der Waals surface area contributed by atoms with Gasteiger partial charge in [-0.25, -0.2) is 4.79 Å². The van der Waals surface area contributed by atoms with Crippen molar-refractivity contribution in [2.45, 2.75) is 38.5 Å². The van der Waals surface area contributed by atoms with Crippen LogP contribution in [0.2, 0.25) is 0 Å². The minimum absolute atomic E-state index is 0.178. The zero-order valence-electron chi connectivity index (χ0n) is 10.5. The molecule has 7 heteroatoms. The van der Waals surface area contributed by atoms with Gasteiger partial charge in [-0.1, -0.05) is 13.8 Å². The van der Waals surface area contributed by atoms with Gasteiger partial charge in [-0.3, -0.25) is 4.79 Å². The van der Waals surface area contributed by atoms with Gasteiger partial charge in [0.05, 0.1) is 25.4 Å². The van der Waals surface area contributed by atoms with E-state index in [9.17, 15) is 14.7 Å². The number of hydrogen-bond acceptors (Lipinski definition) is 4. The summed E-state index contributed by atoms with van der Waals surface area (Å²) in [5.41, 5.74) is 0. The van der Waals surface area contributed by atoms with Crippen LogP contribution in [-0.4, -0.2) is 53.6 Å². The third-order valence-electron chi connectivity index (χ3n) is 2.70. The fourth-order valence-electron chi connectivity index (χ4n) is 1.82. The van der Waals surface area contributed by atoms with E-state index in [1.165, 1.54) is 0 Å². The van der Waals surface area contributed by atoms with Crippen LogP contribution in [-0.2, 0) is 9.53 Å². The number of aliphatic hydroxyl groups excluding tert-OH is 1. The highest BCUT2D eigenvalue weighted by Crippen LogP contribution is 2.08. The number of amides is 2. The Morgan fingerprint density at radius 1 is 1.39 bits per heavy atom. The normalized spacial score (nSPS) is 24.9. The van der Waals surface area contributed by atoms with Crippen LogP contribution in [0.5, 0.6) is 0 Å². The van der Waals surface area contributed by atoms with Crippen molar-refractivity contribution in [2.75, 3.05) is 13.2 Å². The summed E-state index contributed by atoms with van der Waals surface area (Å²) in [6.45, 7) is 4.23. The molecule has 1 saturated heterocycles. The number of hydrogen-bond donors (Lipinski definition) is 4. The summed E-state index contributed by atoms with van der Waals surface area (Å²) < 4.78 is 5.01. The summed E-state index contributed by atoms with van der Waals surface area (Å²) in [6, 6.07) is -1.28. The van der Waals surface area contributed by atoms with Gasteiger partial charge >= 0.3 is 6.09 Å². The van der Waals surface area contributed by atoms with E-state index in [0.29, 0.717) is 6.42 Å². The van der Waals surface area contributed by atoms with Gasteiger partial charge in [-0.2, -0.15) is 0 Å². The van der Waals surface area contributed by atoms with Crippen molar-refractivity contribution in [1.82, 2.24) is 10.6 Å². The predicted octanol–water partition coefficient (Wildman–Crippen LogP) is -0.455. The molecule has 1 heterocycles. The molecule has 3 atom stereocenters. The van der Waals surface area contributed by atoms with Crippen LogP contribution >= 0.6 is 0 Å².